The lowest BCUT2D eigenvalue weighted by Crippen LogP contribution is -2.40. The molecule has 0 unspecified atom stereocenters. The summed E-state index contributed by atoms with van der Waals surface area (Å²) in [6.07, 6.45) is 1.79. The molecule has 0 aliphatic carbocycles. The Morgan fingerprint density at radius 3 is 2.28 bits per heavy atom. The quantitative estimate of drug-likeness (QED) is 0.166. The summed E-state index contributed by atoms with van der Waals surface area (Å²) in [6, 6.07) is 31.5. The number of hydrogen-bond acceptors (Lipinski definition) is 8. The summed E-state index contributed by atoms with van der Waals surface area (Å²) in [5, 5.41) is 0. The number of fused-ring (bicyclic) bond motifs is 1. The molecule has 0 bridgehead atoms. The molecule has 238 valence electrons. The van der Waals surface area contributed by atoms with Crippen molar-refractivity contribution in [3.8, 4) is 17.2 Å². The smallest absolute Gasteiger partial charge is 0.338 e. The maximum absolute atomic E-state index is 14.4. The van der Waals surface area contributed by atoms with E-state index in [2.05, 4.69) is 0 Å². The lowest BCUT2D eigenvalue weighted by Gasteiger charge is -2.26. The summed E-state index contributed by atoms with van der Waals surface area (Å²) >= 11 is 1.25. The van der Waals surface area contributed by atoms with Gasteiger partial charge in [-0.3, -0.25) is 9.36 Å². The lowest BCUT2D eigenvalue weighted by atomic mass is 9.93. The molecular formula is C38H34N2O6S. The number of esters is 1. The second kappa shape index (κ2) is 14.3. The normalized spacial score (nSPS) is 14.3. The van der Waals surface area contributed by atoms with Gasteiger partial charge in [0.15, 0.2) is 16.3 Å². The van der Waals surface area contributed by atoms with Gasteiger partial charge in [0, 0.05) is 11.1 Å². The van der Waals surface area contributed by atoms with Gasteiger partial charge in [0.25, 0.3) is 5.56 Å². The molecule has 1 aliphatic rings. The Hall–Kier alpha value is -5.41. The summed E-state index contributed by atoms with van der Waals surface area (Å²) in [5.41, 5.74) is 3.60. The van der Waals surface area contributed by atoms with Crippen molar-refractivity contribution in [1.82, 2.24) is 4.57 Å². The summed E-state index contributed by atoms with van der Waals surface area (Å²) in [7, 11) is 1.58. The van der Waals surface area contributed by atoms with Gasteiger partial charge in [-0.1, -0.05) is 96.3 Å². The van der Waals surface area contributed by atoms with Crippen LogP contribution >= 0.6 is 11.3 Å². The van der Waals surface area contributed by atoms with E-state index in [1.807, 2.05) is 110 Å². The van der Waals surface area contributed by atoms with Crippen molar-refractivity contribution < 1.29 is 23.7 Å². The summed E-state index contributed by atoms with van der Waals surface area (Å²) < 4.78 is 25.2. The van der Waals surface area contributed by atoms with E-state index in [0.717, 1.165) is 16.7 Å². The number of benzene rings is 4. The van der Waals surface area contributed by atoms with Gasteiger partial charge in [0.2, 0.25) is 0 Å². The highest BCUT2D eigenvalue weighted by atomic mass is 32.1. The number of methoxy groups -OCH3 is 1. The number of para-hydroxylation sites is 1. The van der Waals surface area contributed by atoms with E-state index in [1.165, 1.54) is 11.3 Å². The van der Waals surface area contributed by atoms with Crippen LogP contribution in [0.4, 0.5) is 0 Å². The van der Waals surface area contributed by atoms with Crippen LogP contribution in [0.15, 0.2) is 118 Å². The Bertz CT molecular complexity index is 2080. The molecule has 4 aromatic carbocycles. The zero-order chi connectivity index (χ0) is 32.8. The summed E-state index contributed by atoms with van der Waals surface area (Å²) in [5.74, 6) is 1.22. The average Bonchev–Trinajstić information content (AvgIpc) is 3.42. The maximum atomic E-state index is 14.4. The number of thiazole rings is 1. The van der Waals surface area contributed by atoms with Gasteiger partial charge in [0.1, 0.15) is 12.4 Å². The van der Waals surface area contributed by atoms with E-state index in [1.54, 1.807) is 24.7 Å². The first-order chi connectivity index (χ1) is 23.0. The Morgan fingerprint density at radius 2 is 1.60 bits per heavy atom. The molecule has 0 saturated heterocycles. The Balaban J connectivity index is 1.55. The molecule has 1 atom stereocenters. The van der Waals surface area contributed by atoms with Gasteiger partial charge in [-0.05, 0) is 49.2 Å². The SMILES string of the molecule is CCOC(=O)C1=C(c2ccccc2)N=c2s/c(=C\c3cccc(OC)c3OCc3ccccc3)c(=O)n2[C@H]1c1ccc(OCC)cc1. The van der Waals surface area contributed by atoms with Crippen LogP contribution < -0.4 is 29.1 Å². The standard InChI is InChI=1S/C38H34N2O6S/c1-4-44-29-21-19-27(20-22-29)34-32(37(42)45-5-2)33(26-15-10-7-11-16-26)39-38-40(34)36(41)31(47-38)23-28-17-12-18-30(43-3)35(28)46-24-25-13-8-6-9-14-25/h6-23,34H,4-5,24H2,1-3H3/b31-23-/t34-/m0/s1. The molecule has 1 aromatic heterocycles. The van der Waals surface area contributed by atoms with Crippen molar-refractivity contribution in [1.29, 1.82) is 0 Å². The van der Waals surface area contributed by atoms with Crippen LogP contribution in [0.2, 0.25) is 0 Å². The largest absolute Gasteiger partial charge is 0.494 e. The minimum Gasteiger partial charge on any atom is -0.494 e. The van der Waals surface area contributed by atoms with E-state index in [4.69, 9.17) is 23.9 Å². The Labute approximate surface area is 276 Å². The number of aromatic nitrogens is 1. The van der Waals surface area contributed by atoms with Gasteiger partial charge < -0.3 is 18.9 Å². The molecule has 0 spiro atoms. The fourth-order valence-electron chi connectivity index (χ4n) is 5.50. The Morgan fingerprint density at radius 1 is 0.872 bits per heavy atom. The molecule has 0 saturated carbocycles. The van der Waals surface area contributed by atoms with Crippen LogP contribution in [0, 0.1) is 0 Å². The van der Waals surface area contributed by atoms with Crippen molar-refractivity contribution in [3.63, 3.8) is 0 Å². The van der Waals surface area contributed by atoms with Crippen molar-refractivity contribution in [3.05, 3.63) is 151 Å². The highest BCUT2D eigenvalue weighted by Crippen LogP contribution is 2.36. The van der Waals surface area contributed by atoms with E-state index >= 15 is 0 Å². The van der Waals surface area contributed by atoms with Crippen molar-refractivity contribution in [2.24, 2.45) is 4.99 Å². The first kappa shape index (κ1) is 31.6. The molecule has 2 heterocycles. The lowest BCUT2D eigenvalue weighted by molar-refractivity contribution is -0.138. The molecule has 0 fully saturated rings. The molecule has 47 heavy (non-hydrogen) atoms. The van der Waals surface area contributed by atoms with Crippen molar-refractivity contribution in [2.45, 2.75) is 26.5 Å². The van der Waals surface area contributed by atoms with Crippen LogP contribution in [-0.2, 0) is 16.1 Å². The molecule has 6 rings (SSSR count). The number of rotatable bonds is 11. The highest BCUT2D eigenvalue weighted by Gasteiger charge is 2.35. The first-order valence-electron chi connectivity index (χ1n) is 15.4. The number of carbonyl (C=O) groups is 1. The van der Waals surface area contributed by atoms with Crippen LogP contribution in [0.5, 0.6) is 17.2 Å². The van der Waals surface area contributed by atoms with Gasteiger partial charge >= 0.3 is 5.97 Å². The predicted octanol–water partition coefficient (Wildman–Crippen LogP) is 5.92. The minimum absolute atomic E-state index is 0.173. The maximum Gasteiger partial charge on any atom is 0.338 e. The number of nitrogens with zero attached hydrogens (tertiary/aromatic N) is 2. The van der Waals surface area contributed by atoms with Crippen molar-refractivity contribution in [2.75, 3.05) is 20.3 Å². The van der Waals surface area contributed by atoms with Crippen LogP contribution in [0.25, 0.3) is 11.8 Å². The molecule has 0 amide bonds. The molecule has 1 aliphatic heterocycles. The molecule has 8 nitrogen and oxygen atoms in total. The number of carbonyl (C=O) groups excluding carboxylic acids is 1. The van der Waals surface area contributed by atoms with Crippen LogP contribution in [0.3, 0.4) is 0 Å². The monoisotopic (exact) mass is 646 g/mol. The minimum atomic E-state index is -0.794. The second-order valence-corrected chi connectivity index (χ2v) is 11.6. The third-order valence-corrected chi connectivity index (χ3v) is 8.61. The molecule has 5 aromatic rings. The first-order valence-corrected chi connectivity index (χ1v) is 16.2. The topological polar surface area (TPSA) is 88.4 Å². The fourth-order valence-corrected chi connectivity index (χ4v) is 6.49. The zero-order valence-corrected chi connectivity index (χ0v) is 27.2. The zero-order valence-electron chi connectivity index (χ0n) is 26.3. The van der Waals surface area contributed by atoms with Gasteiger partial charge in [0.05, 0.1) is 42.2 Å². The van der Waals surface area contributed by atoms with Gasteiger partial charge in [-0.15, -0.1) is 0 Å². The van der Waals surface area contributed by atoms with Gasteiger partial charge in [-0.2, -0.15) is 0 Å². The number of hydrogen-bond donors (Lipinski definition) is 0. The third kappa shape index (κ3) is 6.62. The van der Waals surface area contributed by atoms with Gasteiger partial charge in [-0.25, -0.2) is 9.79 Å². The summed E-state index contributed by atoms with van der Waals surface area (Å²) in [6.45, 7) is 4.69. The Kier molecular flexibility index (Phi) is 9.64. The molecular weight excluding hydrogens is 612 g/mol. The van der Waals surface area contributed by atoms with Crippen LogP contribution in [0.1, 0.15) is 42.1 Å². The second-order valence-electron chi connectivity index (χ2n) is 10.6. The van der Waals surface area contributed by atoms with E-state index in [9.17, 15) is 9.59 Å². The summed E-state index contributed by atoms with van der Waals surface area (Å²) in [4.78, 5) is 33.5. The third-order valence-electron chi connectivity index (χ3n) is 7.62. The average molecular weight is 647 g/mol. The molecule has 0 radical (unpaired) electrons. The van der Waals surface area contributed by atoms with Crippen LogP contribution in [-0.4, -0.2) is 30.9 Å². The molecule has 0 N–H and O–H groups in total. The van der Waals surface area contributed by atoms with E-state index in [-0.39, 0.29) is 17.7 Å². The highest BCUT2D eigenvalue weighted by molar-refractivity contribution is 7.07. The fraction of sp³-hybridized carbons (Fsp3) is 0.184. The van der Waals surface area contributed by atoms with E-state index in [0.29, 0.717) is 51.1 Å². The predicted molar refractivity (Wildman–Crippen MR) is 182 cm³/mol. The number of ether oxygens (including phenoxy) is 4. The van der Waals surface area contributed by atoms with Crippen molar-refractivity contribution >= 4 is 29.1 Å². The molecule has 9 heteroatoms. The van der Waals surface area contributed by atoms with E-state index < -0.39 is 12.0 Å².